The summed E-state index contributed by atoms with van der Waals surface area (Å²) in [5.74, 6) is 0.484. The second kappa shape index (κ2) is 9.02. The number of halogens is 2. The molecule has 3 heterocycles. The molecular weight excluding hydrogens is 487 g/mol. The number of rotatable bonds is 5. The molecule has 0 aromatic heterocycles. The Morgan fingerprint density at radius 1 is 1.11 bits per heavy atom. The third-order valence-electron chi connectivity index (χ3n) is 6.59. The third kappa shape index (κ3) is 4.22. The third-order valence-corrected chi connectivity index (χ3v) is 6.83. The van der Waals surface area contributed by atoms with E-state index in [1.807, 2.05) is 24.3 Å². The van der Waals surface area contributed by atoms with Gasteiger partial charge in [0.2, 0.25) is 0 Å². The molecule has 3 aromatic carbocycles. The Labute approximate surface area is 211 Å². The van der Waals surface area contributed by atoms with E-state index in [4.69, 9.17) is 25.8 Å². The Hall–Kier alpha value is -3.78. The lowest BCUT2D eigenvalue weighted by molar-refractivity contribution is -0.118. The van der Waals surface area contributed by atoms with Crippen molar-refractivity contribution in [1.29, 1.82) is 0 Å². The van der Waals surface area contributed by atoms with Crippen molar-refractivity contribution in [1.82, 2.24) is 4.90 Å². The fraction of sp³-hybridized carbons (Fsp3) is 0.259. The van der Waals surface area contributed by atoms with E-state index in [1.54, 1.807) is 11.0 Å². The minimum Gasteiger partial charge on any atom is -0.493 e. The van der Waals surface area contributed by atoms with Crippen LogP contribution in [0.5, 0.6) is 17.2 Å². The lowest BCUT2D eigenvalue weighted by Crippen LogP contribution is -2.52. The van der Waals surface area contributed by atoms with Gasteiger partial charge in [0.05, 0.1) is 24.5 Å². The average molecular weight is 509 g/mol. The zero-order valence-corrected chi connectivity index (χ0v) is 19.9. The molecule has 0 bridgehead atoms. The highest BCUT2D eigenvalue weighted by Gasteiger charge is 2.34. The van der Waals surface area contributed by atoms with Crippen molar-refractivity contribution in [3.05, 3.63) is 70.5 Å². The quantitative estimate of drug-likeness (QED) is 0.546. The van der Waals surface area contributed by atoms with Gasteiger partial charge in [-0.15, -0.1) is 0 Å². The monoisotopic (exact) mass is 508 g/mol. The standard InChI is InChI=1S/C27H22ClFN2O5/c28-18-2-4-24(19(8-18)16-1-3-23-17(7-16)5-6-34-23)35-13-15-11-31(12-15)27(33)20-9-22-25(10-21(20)29)36-14-26(32)30-22/h1-4,7-10,15H,5-6,11-14H2,(H,30,32). The van der Waals surface area contributed by atoms with E-state index in [1.165, 1.54) is 6.07 Å². The molecule has 0 unspecified atom stereocenters. The molecule has 0 aliphatic carbocycles. The number of carbonyl (C=O) groups excluding carboxylic acids is 2. The minimum atomic E-state index is -0.680. The van der Waals surface area contributed by atoms with Crippen molar-refractivity contribution >= 4 is 29.1 Å². The van der Waals surface area contributed by atoms with Crippen molar-refractivity contribution in [2.45, 2.75) is 6.42 Å². The summed E-state index contributed by atoms with van der Waals surface area (Å²) in [5, 5.41) is 3.22. The van der Waals surface area contributed by atoms with Crippen LogP contribution < -0.4 is 19.5 Å². The van der Waals surface area contributed by atoms with Crippen molar-refractivity contribution in [2.24, 2.45) is 5.92 Å². The van der Waals surface area contributed by atoms with E-state index in [0.717, 1.165) is 34.9 Å². The largest absolute Gasteiger partial charge is 0.493 e. The van der Waals surface area contributed by atoms with Crippen molar-refractivity contribution in [3.63, 3.8) is 0 Å². The average Bonchev–Trinajstić information content (AvgIpc) is 3.31. The summed E-state index contributed by atoms with van der Waals surface area (Å²) in [6, 6.07) is 14.0. The van der Waals surface area contributed by atoms with E-state index in [9.17, 15) is 14.0 Å². The molecule has 1 fully saturated rings. The first kappa shape index (κ1) is 22.7. The summed E-state index contributed by atoms with van der Waals surface area (Å²) >= 11 is 6.28. The molecule has 0 spiro atoms. The SMILES string of the molecule is O=C1COc2cc(F)c(C(=O)N3CC(COc4ccc(Cl)cc4-c4ccc5c(c4)CCO5)C3)cc2N1. The van der Waals surface area contributed by atoms with Gasteiger partial charge < -0.3 is 24.4 Å². The first-order valence-corrected chi connectivity index (χ1v) is 12.1. The second-order valence-electron chi connectivity index (χ2n) is 9.11. The lowest BCUT2D eigenvalue weighted by atomic mass is 9.98. The smallest absolute Gasteiger partial charge is 0.262 e. The van der Waals surface area contributed by atoms with Gasteiger partial charge in [-0.05, 0) is 47.5 Å². The Kier molecular flexibility index (Phi) is 5.68. The number of likely N-dealkylation sites (tertiary alicyclic amines) is 1. The zero-order valence-electron chi connectivity index (χ0n) is 19.2. The zero-order chi connectivity index (χ0) is 24.8. The molecule has 3 aromatic rings. The Morgan fingerprint density at radius 3 is 2.83 bits per heavy atom. The van der Waals surface area contributed by atoms with Gasteiger partial charge in [-0.2, -0.15) is 0 Å². The highest BCUT2D eigenvalue weighted by Crippen LogP contribution is 2.37. The van der Waals surface area contributed by atoms with Gasteiger partial charge >= 0.3 is 0 Å². The number of anilines is 1. The molecule has 6 rings (SSSR count). The van der Waals surface area contributed by atoms with Gasteiger partial charge in [0.15, 0.2) is 6.61 Å². The van der Waals surface area contributed by atoms with Crippen LogP contribution >= 0.6 is 11.6 Å². The number of hydrogen-bond donors (Lipinski definition) is 1. The van der Waals surface area contributed by atoms with Crippen LogP contribution in [0.1, 0.15) is 15.9 Å². The first-order valence-electron chi connectivity index (χ1n) is 11.7. The number of amides is 2. The van der Waals surface area contributed by atoms with Crippen LogP contribution in [0, 0.1) is 11.7 Å². The predicted molar refractivity (Wildman–Crippen MR) is 132 cm³/mol. The Balaban J connectivity index is 1.11. The van der Waals surface area contributed by atoms with Crippen molar-refractivity contribution in [2.75, 3.05) is 38.2 Å². The molecule has 1 saturated heterocycles. The molecule has 36 heavy (non-hydrogen) atoms. The molecule has 7 nitrogen and oxygen atoms in total. The van der Waals surface area contributed by atoms with Crippen LogP contribution in [0.2, 0.25) is 5.02 Å². The maximum atomic E-state index is 14.6. The minimum absolute atomic E-state index is 0.0977. The van der Waals surface area contributed by atoms with Crippen LogP contribution in [0.4, 0.5) is 10.1 Å². The summed E-state index contributed by atoms with van der Waals surface area (Å²) in [6.45, 7) is 1.80. The van der Waals surface area contributed by atoms with Gasteiger partial charge in [0.25, 0.3) is 11.8 Å². The number of fused-ring (bicyclic) bond motifs is 2. The van der Waals surface area contributed by atoms with Gasteiger partial charge in [-0.1, -0.05) is 17.7 Å². The maximum Gasteiger partial charge on any atom is 0.262 e. The summed E-state index contributed by atoms with van der Waals surface area (Å²) in [5.41, 5.74) is 3.25. The molecular formula is C27H22ClFN2O5. The molecule has 3 aliphatic rings. The summed E-state index contributed by atoms with van der Waals surface area (Å²) < 4.78 is 31.5. The highest BCUT2D eigenvalue weighted by atomic mass is 35.5. The number of nitrogens with one attached hydrogen (secondary N) is 1. The van der Waals surface area contributed by atoms with Gasteiger partial charge in [0.1, 0.15) is 23.1 Å². The predicted octanol–water partition coefficient (Wildman–Crippen LogP) is 4.56. The highest BCUT2D eigenvalue weighted by molar-refractivity contribution is 6.31. The van der Waals surface area contributed by atoms with E-state index in [2.05, 4.69) is 11.4 Å². The molecule has 0 saturated carbocycles. The van der Waals surface area contributed by atoms with Gasteiger partial charge in [-0.25, -0.2) is 4.39 Å². The van der Waals surface area contributed by atoms with Crippen molar-refractivity contribution < 1.29 is 28.2 Å². The Bertz CT molecular complexity index is 1390. The van der Waals surface area contributed by atoms with Crippen LogP contribution in [0.15, 0.2) is 48.5 Å². The number of carbonyl (C=O) groups is 2. The molecule has 0 atom stereocenters. The normalized spacial score (nSPS) is 16.3. The fourth-order valence-corrected chi connectivity index (χ4v) is 4.86. The van der Waals surface area contributed by atoms with Gasteiger partial charge in [-0.3, -0.25) is 9.59 Å². The van der Waals surface area contributed by atoms with E-state index in [0.29, 0.717) is 42.8 Å². The maximum absolute atomic E-state index is 14.6. The summed E-state index contributed by atoms with van der Waals surface area (Å²) in [6.07, 6.45) is 0.871. The fourth-order valence-electron chi connectivity index (χ4n) is 4.69. The van der Waals surface area contributed by atoms with E-state index < -0.39 is 11.7 Å². The molecule has 0 radical (unpaired) electrons. The number of benzene rings is 3. The number of nitrogens with zero attached hydrogens (tertiary/aromatic N) is 1. The Morgan fingerprint density at radius 2 is 1.97 bits per heavy atom. The molecule has 184 valence electrons. The topological polar surface area (TPSA) is 77.1 Å². The molecule has 3 aliphatic heterocycles. The number of hydrogen-bond acceptors (Lipinski definition) is 5. The van der Waals surface area contributed by atoms with Crippen LogP contribution in [0.3, 0.4) is 0 Å². The van der Waals surface area contributed by atoms with Crippen LogP contribution in [-0.2, 0) is 11.2 Å². The number of ether oxygens (including phenoxy) is 3. The molecule has 1 N–H and O–H groups in total. The van der Waals surface area contributed by atoms with E-state index in [-0.39, 0.29) is 29.7 Å². The molecule has 9 heteroatoms. The van der Waals surface area contributed by atoms with Gasteiger partial charge in [0, 0.05) is 42.1 Å². The van der Waals surface area contributed by atoms with Crippen LogP contribution in [0.25, 0.3) is 11.1 Å². The summed E-state index contributed by atoms with van der Waals surface area (Å²) in [4.78, 5) is 26.0. The summed E-state index contributed by atoms with van der Waals surface area (Å²) in [7, 11) is 0. The first-order chi connectivity index (χ1) is 17.4. The van der Waals surface area contributed by atoms with Crippen LogP contribution in [-0.4, -0.2) is 49.6 Å². The molecule has 2 amide bonds. The lowest BCUT2D eigenvalue weighted by Gasteiger charge is -2.39. The van der Waals surface area contributed by atoms with Crippen molar-refractivity contribution in [3.8, 4) is 28.4 Å². The second-order valence-corrected chi connectivity index (χ2v) is 9.55. The van der Waals surface area contributed by atoms with E-state index >= 15 is 0 Å².